The second-order valence-corrected chi connectivity index (χ2v) is 7.00. The predicted molar refractivity (Wildman–Crippen MR) is 101 cm³/mol. The van der Waals surface area contributed by atoms with Crippen LogP contribution in [0.2, 0.25) is 5.82 Å². The van der Waals surface area contributed by atoms with Crippen LogP contribution >= 0.6 is 0 Å². The van der Waals surface area contributed by atoms with Gasteiger partial charge in [0.05, 0.1) is 12.1 Å². The van der Waals surface area contributed by atoms with Gasteiger partial charge in [0, 0.05) is 18.0 Å². The van der Waals surface area contributed by atoms with E-state index in [4.69, 9.17) is 19.4 Å². The molecule has 5 nitrogen and oxygen atoms in total. The van der Waals surface area contributed by atoms with Crippen molar-refractivity contribution in [2.75, 3.05) is 13.2 Å². The zero-order chi connectivity index (χ0) is 19.0. The number of unbranched alkanes of at least 4 members (excludes halogenated alkanes) is 2. The van der Waals surface area contributed by atoms with Crippen LogP contribution in [-0.4, -0.2) is 36.8 Å². The summed E-state index contributed by atoms with van der Waals surface area (Å²) in [6.07, 6.45) is 4.16. The van der Waals surface area contributed by atoms with Crippen LogP contribution in [-0.2, 0) is 9.39 Å². The fourth-order valence-electron chi connectivity index (χ4n) is 2.98. The fraction of sp³-hybridized carbons (Fsp3) is 0.550. The van der Waals surface area contributed by atoms with Crippen LogP contribution in [0.1, 0.15) is 45.6 Å². The van der Waals surface area contributed by atoms with E-state index in [2.05, 4.69) is 18.8 Å². The quantitative estimate of drug-likeness (QED) is 0.352. The van der Waals surface area contributed by atoms with E-state index in [0.717, 1.165) is 24.3 Å². The molecule has 0 saturated carbocycles. The van der Waals surface area contributed by atoms with Crippen LogP contribution in [0.3, 0.4) is 0 Å². The SMILES string of the molecule is CCCCCOc1ccc(C#C[C@H](O)C2COC(C)(C)B2OC#N)cc1. The van der Waals surface area contributed by atoms with Crippen LogP contribution in [0.15, 0.2) is 24.3 Å². The molecule has 0 bridgehead atoms. The lowest BCUT2D eigenvalue weighted by molar-refractivity contribution is 0.0549. The Morgan fingerprint density at radius 1 is 1.35 bits per heavy atom. The summed E-state index contributed by atoms with van der Waals surface area (Å²) in [4.78, 5) is 0. The molecule has 1 unspecified atom stereocenters. The zero-order valence-corrected chi connectivity index (χ0v) is 15.7. The highest BCUT2D eigenvalue weighted by Crippen LogP contribution is 2.35. The molecule has 1 aromatic rings. The first-order valence-corrected chi connectivity index (χ1v) is 9.09. The first-order chi connectivity index (χ1) is 12.5. The van der Waals surface area contributed by atoms with E-state index in [0.29, 0.717) is 6.61 Å². The smallest absolute Gasteiger partial charge is 0.414 e. The lowest BCUT2D eigenvalue weighted by Crippen LogP contribution is -2.43. The number of benzene rings is 1. The summed E-state index contributed by atoms with van der Waals surface area (Å²) in [5.74, 6) is 6.26. The van der Waals surface area contributed by atoms with Crippen LogP contribution in [0.5, 0.6) is 5.75 Å². The minimum Gasteiger partial charge on any atom is -0.494 e. The van der Waals surface area contributed by atoms with Crippen molar-refractivity contribution in [3.8, 4) is 23.8 Å². The first-order valence-electron chi connectivity index (χ1n) is 9.09. The molecule has 138 valence electrons. The monoisotopic (exact) mass is 355 g/mol. The average Bonchev–Trinajstić information content (AvgIpc) is 2.93. The van der Waals surface area contributed by atoms with Gasteiger partial charge in [-0.2, -0.15) is 5.26 Å². The summed E-state index contributed by atoms with van der Waals surface area (Å²) in [6.45, 7) is 6.35. The van der Waals surface area contributed by atoms with Crippen LogP contribution in [0, 0.1) is 23.4 Å². The Labute approximate surface area is 156 Å². The highest BCUT2D eigenvalue weighted by atomic mass is 16.5. The Hall–Kier alpha value is -2.15. The summed E-state index contributed by atoms with van der Waals surface area (Å²) in [5.41, 5.74) is 0.167. The zero-order valence-electron chi connectivity index (χ0n) is 15.7. The Balaban J connectivity index is 1.94. The van der Waals surface area contributed by atoms with E-state index in [9.17, 15) is 5.11 Å². The molecule has 6 heteroatoms. The van der Waals surface area contributed by atoms with Gasteiger partial charge in [-0.1, -0.05) is 31.6 Å². The first kappa shape index (κ1) is 20.2. The molecule has 26 heavy (non-hydrogen) atoms. The number of aliphatic hydroxyl groups is 1. The molecule has 0 radical (unpaired) electrons. The lowest BCUT2D eigenvalue weighted by atomic mass is 9.46. The van der Waals surface area contributed by atoms with Gasteiger partial charge in [0.25, 0.3) is 6.26 Å². The van der Waals surface area contributed by atoms with Crippen LogP contribution < -0.4 is 4.74 Å². The topological polar surface area (TPSA) is 71.7 Å². The maximum Gasteiger partial charge on any atom is 0.414 e. The van der Waals surface area contributed by atoms with Gasteiger partial charge in [0.2, 0.25) is 0 Å². The largest absolute Gasteiger partial charge is 0.494 e. The van der Waals surface area contributed by atoms with Crippen molar-refractivity contribution in [3.63, 3.8) is 0 Å². The highest BCUT2D eigenvalue weighted by molar-refractivity contribution is 6.58. The van der Waals surface area contributed by atoms with Gasteiger partial charge in [-0.15, -0.1) is 0 Å². The summed E-state index contributed by atoms with van der Waals surface area (Å²) in [5, 5.41) is 19.2. The second kappa shape index (κ2) is 9.52. The Morgan fingerprint density at radius 3 is 2.73 bits per heavy atom. The number of hydrogen-bond donors (Lipinski definition) is 1. The van der Waals surface area contributed by atoms with E-state index in [-0.39, 0.29) is 5.82 Å². The summed E-state index contributed by atoms with van der Waals surface area (Å²) < 4.78 is 16.4. The van der Waals surface area contributed by atoms with Crippen LogP contribution in [0.25, 0.3) is 0 Å². The number of ether oxygens (including phenoxy) is 2. The Morgan fingerprint density at radius 2 is 2.08 bits per heavy atom. The van der Waals surface area contributed by atoms with Crippen molar-refractivity contribution in [2.24, 2.45) is 0 Å². The van der Waals surface area contributed by atoms with E-state index >= 15 is 0 Å². The van der Waals surface area contributed by atoms with E-state index in [1.54, 1.807) is 6.26 Å². The third-order valence-corrected chi connectivity index (χ3v) is 4.54. The van der Waals surface area contributed by atoms with E-state index in [1.165, 1.54) is 12.8 Å². The normalized spacial score (nSPS) is 19.2. The van der Waals surface area contributed by atoms with Gasteiger partial charge in [-0.05, 0) is 44.5 Å². The van der Waals surface area contributed by atoms with Gasteiger partial charge in [0.15, 0.2) is 0 Å². The molecule has 1 fully saturated rings. The summed E-state index contributed by atoms with van der Waals surface area (Å²) in [7, 11) is 0. The molecule has 1 aromatic carbocycles. The van der Waals surface area contributed by atoms with Crippen molar-refractivity contribution in [3.05, 3.63) is 29.8 Å². The molecule has 1 N–H and O–H groups in total. The number of hydrogen-bond acceptors (Lipinski definition) is 5. The third kappa shape index (κ3) is 5.43. The molecule has 0 amide bonds. The Kier molecular flexibility index (Phi) is 7.39. The summed E-state index contributed by atoms with van der Waals surface area (Å²) >= 11 is 0. The number of nitriles is 1. The predicted octanol–water partition coefficient (Wildman–Crippen LogP) is 3.18. The maximum atomic E-state index is 10.4. The van der Waals surface area contributed by atoms with Crippen molar-refractivity contribution < 1.29 is 19.2 Å². The number of rotatable bonds is 7. The molecular formula is C20H26BNO4. The molecule has 2 atom stereocenters. The highest BCUT2D eigenvalue weighted by Gasteiger charge is 2.53. The molecule has 0 aromatic heterocycles. The van der Waals surface area contributed by atoms with Gasteiger partial charge < -0.3 is 19.2 Å². The second-order valence-electron chi connectivity index (χ2n) is 7.00. The maximum absolute atomic E-state index is 10.4. The Bertz CT molecular complexity index is 672. The van der Waals surface area contributed by atoms with Gasteiger partial charge in [-0.25, -0.2) is 0 Å². The van der Waals surface area contributed by atoms with Crippen molar-refractivity contribution in [2.45, 2.75) is 57.5 Å². The number of aliphatic hydroxyl groups excluding tert-OH is 1. The van der Waals surface area contributed by atoms with Crippen molar-refractivity contribution >= 4 is 6.92 Å². The molecule has 0 aliphatic carbocycles. The van der Waals surface area contributed by atoms with Crippen molar-refractivity contribution in [1.82, 2.24) is 0 Å². The lowest BCUT2D eigenvalue weighted by Gasteiger charge is -2.22. The van der Waals surface area contributed by atoms with E-state index in [1.807, 2.05) is 38.1 Å². The molecule has 1 aliphatic heterocycles. The molecule has 1 heterocycles. The van der Waals surface area contributed by atoms with Gasteiger partial charge in [-0.3, -0.25) is 0 Å². The molecule has 0 spiro atoms. The minimum atomic E-state index is -0.930. The molecular weight excluding hydrogens is 329 g/mol. The van der Waals surface area contributed by atoms with Gasteiger partial charge >= 0.3 is 6.92 Å². The fourth-order valence-corrected chi connectivity index (χ4v) is 2.98. The molecule has 1 saturated heterocycles. The third-order valence-electron chi connectivity index (χ3n) is 4.54. The van der Waals surface area contributed by atoms with Crippen LogP contribution in [0.4, 0.5) is 0 Å². The van der Waals surface area contributed by atoms with E-state index < -0.39 is 18.5 Å². The van der Waals surface area contributed by atoms with Gasteiger partial charge in [0.1, 0.15) is 11.9 Å². The number of nitrogens with zero attached hydrogens (tertiary/aromatic N) is 1. The average molecular weight is 355 g/mol. The molecule has 2 rings (SSSR count). The molecule has 1 aliphatic rings. The standard InChI is InChI=1S/C20H26BNO4/c1-4-5-6-13-24-17-10-7-16(8-11-17)9-12-19(23)18-14-25-20(2,3)21(18)26-15-22/h7-8,10-11,18-19,23H,4-6,13-14H2,1-3H3/t18?,19-/m0/s1. The summed E-state index contributed by atoms with van der Waals surface area (Å²) in [6, 6.07) is 7.50. The van der Waals surface area contributed by atoms with Crippen molar-refractivity contribution in [1.29, 1.82) is 5.26 Å². The minimum absolute atomic E-state index is 0.305.